The van der Waals surface area contributed by atoms with Crippen molar-refractivity contribution >= 4 is 15.9 Å². The Kier molecular flexibility index (Phi) is 4.60. The largest absolute Gasteiger partial charge is 0.334 e. The number of carbonyl (C=O) groups excluding carboxylic acids is 1. The van der Waals surface area contributed by atoms with Gasteiger partial charge in [-0.25, -0.2) is 17.9 Å². The molecular weight excluding hydrogens is 297 g/mol. The van der Waals surface area contributed by atoms with Gasteiger partial charge in [0, 0.05) is 24.7 Å². The zero-order valence-electron chi connectivity index (χ0n) is 11.7. The molecule has 0 aliphatic carbocycles. The Morgan fingerprint density at radius 1 is 1.52 bits per heavy atom. The number of hydrogen-bond donors (Lipinski definition) is 2. The van der Waals surface area contributed by atoms with Crippen molar-refractivity contribution in [2.75, 3.05) is 20.1 Å². The van der Waals surface area contributed by atoms with Crippen molar-refractivity contribution in [2.45, 2.75) is 23.8 Å². The van der Waals surface area contributed by atoms with Gasteiger partial charge >= 0.3 is 0 Å². The maximum Gasteiger partial charge on any atom is 0.254 e. The van der Waals surface area contributed by atoms with Crippen LogP contribution in [-0.2, 0) is 10.0 Å². The van der Waals surface area contributed by atoms with Crippen molar-refractivity contribution < 1.29 is 17.6 Å². The molecule has 1 aromatic carbocycles. The minimum Gasteiger partial charge on any atom is -0.334 e. The molecule has 0 bridgehead atoms. The van der Waals surface area contributed by atoms with Gasteiger partial charge in [-0.15, -0.1) is 0 Å². The maximum atomic E-state index is 13.8. The van der Waals surface area contributed by atoms with Gasteiger partial charge in [-0.2, -0.15) is 0 Å². The molecular formula is C13H18FN3O3S. The fourth-order valence-electron chi connectivity index (χ4n) is 2.58. The summed E-state index contributed by atoms with van der Waals surface area (Å²) in [6, 6.07) is 3.32. The number of sulfonamides is 1. The molecule has 3 N–H and O–H groups in total. The number of hydrogen-bond acceptors (Lipinski definition) is 4. The van der Waals surface area contributed by atoms with E-state index in [1.54, 1.807) is 4.90 Å². The number of likely N-dealkylation sites (N-methyl/N-ethyl adjacent to an activating group) is 1. The van der Waals surface area contributed by atoms with Gasteiger partial charge in [0.1, 0.15) is 10.7 Å². The molecule has 1 aliphatic rings. The highest BCUT2D eigenvalue weighted by atomic mass is 32.2. The summed E-state index contributed by atoms with van der Waals surface area (Å²) < 4.78 is 36.1. The van der Waals surface area contributed by atoms with Crippen molar-refractivity contribution in [1.29, 1.82) is 0 Å². The van der Waals surface area contributed by atoms with Crippen LogP contribution in [-0.4, -0.2) is 45.4 Å². The number of primary sulfonamides is 1. The molecule has 1 saturated heterocycles. The fraction of sp³-hybridized carbons (Fsp3) is 0.462. The SMILES string of the molecule is CNCC1CCCN1C(=O)c1ccc(S(N)(=O)=O)c(F)c1. The zero-order valence-corrected chi connectivity index (χ0v) is 12.5. The van der Waals surface area contributed by atoms with Crippen LogP contribution in [0.1, 0.15) is 23.2 Å². The van der Waals surface area contributed by atoms with Crippen LogP contribution in [0.3, 0.4) is 0 Å². The summed E-state index contributed by atoms with van der Waals surface area (Å²) in [7, 11) is -2.32. The van der Waals surface area contributed by atoms with Crippen LogP contribution in [0.5, 0.6) is 0 Å². The lowest BCUT2D eigenvalue weighted by atomic mass is 10.1. The molecule has 1 amide bonds. The number of carbonyl (C=O) groups is 1. The van der Waals surface area contributed by atoms with Crippen molar-refractivity contribution in [1.82, 2.24) is 10.2 Å². The van der Waals surface area contributed by atoms with Gasteiger partial charge in [0.2, 0.25) is 10.0 Å². The number of nitrogens with two attached hydrogens (primary N) is 1. The van der Waals surface area contributed by atoms with Crippen molar-refractivity contribution in [3.63, 3.8) is 0 Å². The van der Waals surface area contributed by atoms with Gasteiger partial charge in [0.25, 0.3) is 5.91 Å². The second-order valence-electron chi connectivity index (χ2n) is 5.04. The minimum absolute atomic E-state index is 0.0727. The van der Waals surface area contributed by atoms with Gasteiger partial charge in [-0.1, -0.05) is 0 Å². The van der Waals surface area contributed by atoms with E-state index < -0.39 is 20.7 Å². The van der Waals surface area contributed by atoms with E-state index in [0.717, 1.165) is 25.0 Å². The quantitative estimate of drug-likeness (QED) is 0.835. The van der Waals surface area contributed by atoms with Gasteiger partial charge in [0.05, 0.1) is 0 Å². The van der Waals surface area contributed by atoms with E-state index in [1.165, 1.54) is 6.07 Å². The molecule has 1 fully saturated rings. The molecule has 116 valence electrons. The second-order valence-corrected chi connectivity index (χ2v) is 6.57. The van der Waals surface area contributed by atoms with Crippen molar-refractivity contribution in [3.05, 3.63) is 29.6 Å². The molecule has 1 aliphatic heterocycles. The summed E-state index contributed by atoms with van der Waals surface area (Å²) in [6.07, 6.45) is 1.79. The molecule has 8 heteroatoms. The van der Waals surface area contributed by atoms with E-state index in [9.17, 15) is 17.6 Å². The van der Waals surface area contributed by atoms with Gasteiger partial charge < -0.3 is 10.2 Å². The lowest BCUT2D eigenvalue weighted by Gasteiger charge is -2.24. The molecule has 2 rings (SSSR count). The Morgan fingerprint density at radius 2 is 2.24 bits per heavy atom. The predicted molar refractivity (Wildman–Crippen MR) is 75.8 cm³/mol. The minimum atomic E-state index is -4.12. The Labute approximate surface area is 123 Å². The van der Waals surface area contributed by atoms with Gasteiger partial charge in [0.15, 0.2) is 0 Å². The number of nitrogens with one attached hydrogen (secondary N) is 1. The van der Waals surface area contributed by atoms with Crippen LogP contribution in [0, 0.1) is 5.82 Å². The van der Waals surface area contributed by atoms with E-state index in [-0.39, 0.29) is 17.5 Å². The third-order valence-electron chi connectivity index (χ3n) is 3.56. The molecule has 0 spiro atoms. The standard InChI is InChI=1S/C13H18FN3O3S/c1-16-8-10-3-2-6-17(10)13(18)9-4-5-12(11(14)7-9)21(15,19)20/h4-5,7,10,16H,2-3,6,8H2,1H3,(H2,15,19,20). The molecule has 1 aromatic rings. The number of likely N-dealkylation sites (tertiary alicyclic amines) is 1. The molecule has 0 saturated carbocycles. The molecule has 0 radical (unpaired) electrons. The molecule has 6 nitrogen and oxygen atoms in total. The number of rotatable bonds is 4. The molecule has 1 heterocycles. The molecule has 1 atom stereocenters. The predicted octanol–water partition coefficient (Wildman–Crippen LogP) is 0.297. The number of nitrogens with zero attached hydrogens (tertiary/aromatic N) is 1. The van der Waals surface area contributed by atoms with E-state index in [2.05, 4.69) is 5.32 Å². The summed E-state index contributed by atoms with van der Waals surface area (Å²) >= 11 is 0. The summed E-state index contributed by atoms with van der Waals surface area (Å²) in [5.41, 5.74) is 0.128. The maximum absolute atomic E-state index is 13.8. The first-order valence-corrected chi connectivity index (χ1v) is 8.17. The average molecular weight is 315 g/mol. The Morgan fingerprint density at radius 3 is 2.81 bits per heavy atom. The van der Waals surface area contributed by atoms with Crippen LogP contribution in [0.25, 0.3) is 0 Å². The summed E-state index contributed by atoms with van der Waals surface area (Å²) in [5, 5.41) is 7.92. The molecule has 21 heavy (non-hydrogen) atoms. The number of halogens is 1. The third-order valence-corrected chi connectivity index (χ3v) is 4.51. The normalized spacial score (nSPS) is 19.0. The van der Waals surface area contributed by atoms with Crippen LogP contribution >= 0.6 is 0 Å². The highest BCUT2D eigenvalue weighted by molar-refractivity contribution is 7.89. The van der Waals surface area contributed by atoms with Crippen LogP contribution in [0.2, 0.25) is 0 Å². The number of benzene rings is 1. The fourth-order valence-corrected chi connectivity index (χ4v) is 3.17. The lowest BCUT2D eigenvalue weighted by molar-refractivity contribution is 0.0736. The smallest absolute Gasteiger partial charge is 0.254 e. The van der Waals surface area contributed by atoms with E-state index in [4.69, 9.17) is 5.14 Å². The highest BCUT2D eigenvalue weighted by Crippen LogP contribution is 2.21. The molecule has 0 aromatic heterocycles. The van der Waals surface area contributed by atoms with Gasteiger partial charge in [-0.3, -0.25) is 4.79 Å². The molecule has 1 unspecified atom stereocenters. The Bertz CT molecular complexity index is 648. The van der Waals surface area contributed by atoms with Gasteiger partial charge in [-0.05, 0) is 38.1 Å². The zero-order chi connectivity index (χ0) is 15.6. The highest BCUT2D eigenvalue weighted by Gasteiger charge is 2.29. The third kappa shape index (κ3) is 3.39. The second kappa shape index (κ2) is 6.08. The topological polar surface area (TPSA) is 92.5 Å². The Balaban J connectivity index is 2.26. The lowest BCUT2D eigenvalue weighted by Crippen LogP contribution is -2.40. The monoisotopic (exact) mass is 315 g/mol. The Hall–Kier alpha value is -1.51. The van der Waals surface area contributed by atoms with Crippen LogP contribution in [0.4, 0.5) is 4.39 Å². The summed E-state index contributed by atoms with van der Waals surface area (Å²) in [5.74, 6) is -1.31. The number of amides is 1. The van der Waals surface area contributed by atoms with Crippen molar-refractivity contribution in [3.8, 4) is 0 Å². The van der Waals surface area contributed by atoms with E-state index >= 15 is 0 Å². The van der Waals surface area contributed by atoms with Crippen LogP contribution in [0.15, 0.2) is 23.1 Å². The first-order valence-electron chi connectivity index (χ1n) is 6.62. The van der Waals surface area contributed by atoms with Crippen LogP contribution < -0.4 is 10.5 Å². The van der Waals surface area contributed by atoms with Crippen molar-refractivity contribution in [2.24, 2.45) is 5.14 Å². The average Bonchev–Trinajstić information content (AvgIpc) is 2.85. The van der Waals surface area contributed by atoms with E-state index in [0.29, 0.717) is 13.1 Å². The van der Waals surface area contributed by atoms with E-state index in [1.807, 2.05) is 7.05 Å². The first kappa shape index (κ1) is 15.9. The summed E-state index contributed by atoms with van der Waals surface area (Å²) in [4.78, 5) is 13.5. The summed E-state index contributed by atoms with van der Waals surface area (Å²) in [6.45, 7) is 1.28. The first-order chi connectivity index (χ1) is 9.84.